The van der Waals surface area contributed by atoms with Crippen molar-refractivity contribution in [1.29, 1.82) is 0 Å². The van der Waals surface area contributed by atoms with Gasteiger partial charge in [-0.05, 0) is 20.2 Å². The molecule has 1 aromatic heterocycles. The molecule has 0 aromatic carbocycles. The first kappa shape index (κ1) is 14.5. The summed E-state index contributed by atoms with van der Waals surface area (Å²) in [4.78, 5) is 5.63. The number of rotatable bonds is 5. The summed E-state index contributed by atoms with van der Waals surface area (Å²) in [6.07, 6.45) is -4.46. The van der Waals surface area contributed by atoms with Crippen molar-refractivity contribution in [3.8, 4) is 5.88 Å². The average Bonchev–Trinajstić information content (AvgIpc) is 2.27. The van der Waals surface area contributed by atoms with Crippen LogP contribution < -0.4 is 16.0 Å². The standard InChI is InChI=1S/C10H15F3N4O/c1-17(2)3-4-18-9-6-7(10(11,12)13)5-8(15-9)16-14/h5-6H,3-4,14H2,1-2H3,(H,15,16). The number of nitrogens with one attached hydrogen (secondary N) is 1. The molecular formula is C10H15F3N4O. The Morgan fingerprint density at radius 3 is 2.56 bits per heavy atom. The predicted molar refractivity (Wildman–Crippen MR) is 61.1 cm³/mol. The summed E-state index contributed by atoms with van der Waals surface area (Å²) in [5, 5.41) is 0. The minimum Gasteiger partial charge on any atom is -0.476 e. The van der Waals surface area contributed by atoms with Crippen LogP contribution in [0.1, 0.15) is 5.56 Å². The molecule has 8 heteroatoms. The monoisotopic (exact) mass is 264 g/mol. The van der Waals surface area contributed by atoms with Gasteiger partial charge >= 0.3 is 6.18 Å². The zero-order valence-electron chi connectivity index (χ0n) is 10.1. The zero-order valence-corrected chi connectivity index (χ0v) is 10.1. The molecule has 0 bridgehead atoms. The van der Waals surface area contributed by atoms with Gasteiger partial charge in [0.15, 0.2) is 0 Å². The Balaban J connectivity index is 2.84. The number of nitrogens with two attached hydrogens (primary N) is 1. The minimum absolute atomic E-state index is 0.0929. The van der Waals surface area contributed by atoms with E-state index in [0.29, 0.717) is 6.54 Å². The van der Waals surface area contributed by atoms with Crippen LogP contribution in [-0.2, 0) is 6.18 Å². The predicted octanol–water partition coefficient (Wildman–Crippen LogP) is 1.33. The SMILES string of the molecule is CN(C)CCOc1cc(C(F)(F)F)cc(NN)n1. The lowest BCUT2D eigenvalue weighted by Gasteiger charge is -2.13. The molecule has 0 spiro atoms. The van der Waals surface area contributed by atoms with Gasteiger partial charge in [-0.15, -0.1) is 0 Å². The van der Waals surface area contributed by atoms with E-state index in [9.17, 15) is 13.2 Å². The Bertz CT molecular complexity index is 395. The summed E-state index contributed by atoms with van der Waals surface area (Å²) in [5.74, 6) is 4.86. The quantitative estimate of drug-likeness (QED) is 0.620. The maximum Gasteiger partial charge on any atom is 0.416 e. The molecule has 1 heterocycles. The lowest BCUT2D eigenvalue weighted by atomic mass is 10.2. The Morgan fingerprint density at radius 1 is 1.39 bits per heavy atom. The van der Waals surface area contributed by atoms with Gasteiger partial charge in [-0.3, -0.25) is 0 Å². The van der Waals surface area contributed by atoms with Crippen LogP contribution in [0, 0.1) is 0 Å². The topological polar surface area (TPSA) is 63.4 Å². The van der Waals surface area contributed by atoms with Gasteiger partial charge in [0.05, 0.1) is 5.56 Å². The van der Waals surface area contributed by atoms with E-state index < -0.39 is 11.7 Å². The van der Waals surface area contributed by atoms with Crippen molar-refractivity contribution in [2.24, 2.45) is 5.84 Å². The second-order valence-corrected chi connectivity index (χ2v) is 3.87. The Hall–Kier alpha value is -1.54. The van der Waals surface area contributed by atoms with E-state index >= 15 is 0 Å². The number of aromatic nitrogens is 1. The highest BCUT2D eigenvalue weighted by Crippen LogP contribution is 2.32. The molecule has 5 nitrogen and oxygen atoms in total. The number of ether oxygens (including phenoxy) is 1. The molecule has 0 saturated heterocycles. The third kappa shape index (κ3) is 4.38. The van der Waals surface area contributed by atoms with Crippen LogP contribution in [0.25, 0.3) is 0 Å². The highest BCUT2D eigenvalue weighted by molar-refractivity contribution is 5.41. The molecule has 0 amide bonds. The number of anilines is 1. The Labute approximate surface area is 103 Å². The highest BCUT2D eigenvalue weighted by Gasteiger charge is 2.31. The number of pyridine rings is 1. The van der Waals surface area contributed by atoms with Gasteiger partial charge in [0.2, 0.25) is 5.88 Å². The van der Waals surface area contributed by atoms with Crippen LogP contribution >= 0.6 is 0 Å². The Kier molecular flexibility index (Phi) is 4.74. The molecule has 0 aliphatic rings. The third-order valence-electron chi connectivity index (χ3n) is 2.07. The number of hydrogen-bond donors (Lipinski definition) is 2. The van der Waals surface area contributed by atoms with Crippen LogP contribution in [0.2, 0.25) is 0 Å². The summed E-state index contributed by atoms with van der Waals surface area (Å²) in [5.41, 5.74) is 1.22. The number of halogens is 3. The smallest absolute Gasteiger partial charge is 0.416 e. The van der Waals surface area contributed by atoms with Gasteiger partial charge in [0.1, 0.15) is 12.4 Å². The summed E-state index contributed by atoms with van der Waals surface area (Å²) in [6.45, 7) is 0.814. The third-order valence-corrected chi connectivity index (χ3v) is 2.07. The fourth-order valence-electron chi connectivity index (χ4n) is 1.15. The van der Waals surface area contributed by atoms with E-state index in [1.807, 2.05) is 19.0 Å². The van der Waals surface area contributed by atoms with Crippen molar-refractivity contribution >= 4 is 5.82 Å². The van der Waals surface area contributed by atoms with Gasteiger partial charge in [0, 0.05) is 12.6 Å². The van der Waals surface area contributed by atoms with Crippen molar-refractivity contribution < 1.29 is 17.9 Å². The Morgan fingerprint density at radius 2 is 2.06 bits per heavy atom. The molecule has 0 unspecified atom stereocenters. The van der Waals surface area contributed by atoms with Crippen molar-refractivity contribution in [1.82, 2.24) is 9.88 Å². The van der Waals surface area contributed by atoms with E-state index in [1.54, 1.807) is 0 Å². The molecule has 0 radical (unpaired) electrons. The number of hydrazine groups is 1. The van der Waals surface area contributed by atoms with E-state index in [4.69, 9.17) is 10.6 Å². The van der Waals surface area contributed by atoms with Crippen LogP contribution in [0.15, 0.2) is 12.1 Å². The van der Waals surface area contributed by atoms with Gasteiger partial charge in [-0.25, -0.2) is 5.84 Å². The van der Waals surface area contributed by atoms with E-state index in [-0.39, 0.29) is 18.3 Å². The van der Waals surface area contributed by atoms with Crippen LogP contribution in [-0.4, -0.2) is 37.1 Å². The molecule has 102 valence electrons. The number of nitrogens with zero attached hydrogens (tertiary/aromatic N) is 2. The maximum absolute atomic E-state index is 12.6. The second kappa shape index (κ2) is 5.87. The molecule has 0 saturated carbocycles. The first-order valence-corrected chi connectivity index (χ1v) is 5.16. The van der Waals surface area contributed by atoms with Crippen molar-refractivity contribution in [3.63, 3.8) is 0 Å². The largest absolute Gasteiger partial charge is 0.476 e. The zero-order chi connectivity index (χ0) is 13.8. The lowest BCUT2D eigenvalue weighted by molar-refractivity contribution is -0.137. The number of hydrogen-bond acceptors (Lipinski definition) is 5. The van der Waals surface area contributed by atoms with Crippen LogP contribution in [0.3, 0.4) is 0 Å². The summed E-state index contributed by atoms with van der Waals surface area (Å²) in [6, 6.07) is 1.66. The van der Waals surface area contributed by atoms with Crippen molar-refractivity contribution in [2.75, 3.05) is 32.7 Å². The molecule has 1 aromatic rings. The van der Waals surface area contributed by atoms with Gasteiger partial charge in [-0.1, -0.05) is 0 Å². The van der Waals surface area contributed by atoms with E-state index in [1.165, 1.54) is 0 Å². The molecule has 3 N–H and O–H groups in total. The highest BCUT2D eigenvalue weighted by atomic mass is 19.4. The minimum atomic E-state index is -4.46. The molecular weight excluding hydrogens is 249 g/mol. The molecule has 18 heavy (non-hydrogen) atoms. The van der Waals surface area contributed by atoms with E-state index in [0.717, 1.165) is 12.1 Å². The summed E-state index contributed by atoms with van der Waals surface area (Å²) in [7, 11) is 3.66. The summed E-state index contributed by atoms with van der Waals surface area (Å²) < 4.78 is 42.9. The lowest BCUT2D eigenvalue weighted by Crippen LogP contribution is -2.20. The maximum atomic E-state index is 12.6. The first-order chi connectivity index (χ1) is 8.32. The molecule has 0 aliphatic carbocycles. The van der Waals surface area contributed by atoms with Crippen LogP contribution in [0.5, 0.6) is 5.88 Å². The molecule has 0 atom stereocenters. The average molecular weight is 264 g/mol. The normalized spacial score (nSPS) is 11.7. The van der Waals surface area contributed by atoms with Crippen LogP contribution in [0.4, 0.5) is 19.0 Å². The number of likely N-dealkylation sites (N-methyl/N-ethyl adjacent to an activating group) is 1. The number of alkyl halides is 3. The van der Waals surface area contributed by atoms with Crippen molar-refractivity contribution in [2.45, 2.75) is 6.18 Å². The fraction of sp³-hybridized carbons (Fsp3) is 0.500. The van der Waals surface area contributed by atoms with Gasteiger partial charge in [-0.2, -0.15) is 18.2 Å². The van der Waals surface area contributed by atoms with Crippen molar-refractivity contribution in [3.05, 3.63) is 17.7 Å². The summed E-state index contributed by atoms with van der Waals surface area (Å²) >= 11 is 0. The fourth-order valence-corrected chi connectivity index (χ4v) is 1.15. The van der Waals surface area contributed by atoms with Gasteiger partial charge < -0.3 is 15.1 Å². The second-order valence-electron chi connectivity index (χ2n) is 3.87. The molecule has 1 rings (SSSR count). The molecule has 0 aliphatic heterocycles. The molecule has 0 fully saturated rings. The first-order valence-electron chi connectivity index (χ1n) is 5.16. The number of nitrogen functional groups attached to an aromatic ring is 1. The van der Waals surface area contributed by atoms with Gasteiger partial charge in [0.25, 0.3) is 0 Å². The van der Waals surface area contributed by atoms with E-state index in [2.05, 4.69) is 10.4 Å².